The first-order chi connectivity index (χ1) is 7.04. The van der Waals surface area contributed by atoms with E-state index in [4.69, 9.17) is 5.73 Å². The zero-order valence-corrected chi connectivity index (χ0v) is 7.96. The van der Waals surface area contributed by atoms with Crippen LogP contribution in [-0.2, 0) is 9.53 Å². The van der Waals surface area contributed by atoms with E-state index >= 15 is 0 Å². The summed E-state index contributed by atoms with van der Waals surface area (Å²) in [6.45, 7) is 0. The Morgan fingerprint density at radius 1 is 1.40 bits per heavy atom. The molecular formula is C10H9F2NO2. The van der Waals surface area contributed by atoms with Gasteiger partial charge in [0.25, 0.3) is 0 Å². The Balaban J connectivity index is 3.05. The molecule has 0 bridgehead atoms. The highest BCUT2D eigenvalue weighted by Crippen LogP contribution is 2.18. The lowest BCUT2D eigenvalue weighted by Crippen LogP contribution is -1.96. The molecule has 2 N–H and O–H groups in total. The standard InChI is InChI=1S/C10H9F2NO2/c1-15-10(14)3-2-7-8(11)4-6(13)5-9(7)12/h2-5H,13H2,1H3. The van der Waals surface area contributed by atoms with Crippen molar-refractivity contribution in [1.29, 1.82) is 0 Å². The minimum atomic E-state index is -0.826. The molecular weight excluding hydrogens is 204 g/mol. The number of anilines is 1. The van der Waals surface area contributed by atoms with Crippen LogP contribution >= 0.6 is 0 Å². The van der Waals surface area contributed by atoms with Gasteiger partial charge in [-0.05, 0) is 18.2 Å². The van der Waals surface area contributed by atoms with Crippen molar-refractivity contribution in [2.75, 3.05) is 12.8 Å². The minimum absolute atomic E-state index is 0.0137. The van der Waals surface area contributed by atoms with E-state index in [-0.39, 0.29) is 11.3 Å². The van der Waals surface area contributed by atoms with Crippen LogP contribution in [0.5, 0.6) is 0 Å². The molecule has 0 aliphatic carbocycles. The van der Waals surface area contributed by atoms with Crippen LogP contribution in [0.1, 0.15) is 5.56 Å². The Bertz CT molecular complexity index is 393. The van der Waals surface area contributed by atoms with E-state index in [9.17, 15) is 13.6 Å². The van der Waals surface area contributed by atoms with Crippen molar-refractivity contribution in [2.24, 2.45) is 0 Å². The maximum atomic E-state index is 13.1. The SMILES string of the molecule is COC(=O)C=Cc1c(F)cc(N)cc1F. The quantitative estimate of drug-likeness (QED) is 0.462. The summed E-state index contributed by atoms with van der Waals surface area (Å²) in [5.74, 6) is -2.34. The molecule has 0 amide bonds. The van der Waals surface area contributed by atoms with Gasteiger partial charge in [0.2, 0.25) is 0 Å². The van der Waals surface area contributed by atoms with Gasteiger partial charge in [-0.25, -0.2) is 13.6 Å². The summed E-state index contributed by atoms with van der Waals surface area (Å²) >= 11 is 0. The molecule has 0 aromatic heterocycles. The van der Waals surface area contributed by atoms with Crippen molar-refractivity contribution < 1.29 is 18.3 Å². The third kappa shape index (κ3) is 2.77. The van der Waals surface area contributed by atoms with Gasteiger partial charge in [-0.15, -0.1) is 0 Å². The molecule has 80 valence electrons. The third-order valence-electron chi connectivity index (χ3n) is 1.69. The fraction of sp³-hybridized carbons (Fsp3) is 0.100. The summed E-state index contributed by atoms with van der Waals surface area (Å²) in [5.41, 5.74) is 4.88. The predicted molar refractivity (Wildman–Crippen MR) is 51.8 cm³/mol. The van der Waals surface area contributed by atoms with Gasteiger partial charge in [-0.3, -0.25) is 0 Å². The van der Waals surface area contributed by atoms with Crippen molar-refractivity contribution in [3.63, 3.8) is 0 Å². The lowest BCUT2D eigenvalue weighted by atomic mass is 10.1. The molecule has 0 saturated carbocycles. The number of nitrogen functional groups attached to an aromatic ring is 1. The second-order valence-electron chi connectivity index (χ2n) is 2.75. The molecule has 0 radical (unpaired) electrons. The van der Waals surface area contributed by atoms with Crippen molar-refractivity contribution >= 4 is 17.7 Å². The van der Waals surface area contributed by atoms with Gasteiger partial charge in [0.1, 0.15) is 11.6 Å². The number of carbonyl (C=O) groups is 1. The van der Waals surface area contributed by atoms with Crippen LogP contribution in [-0.4, -0.2) is 13.1 Å². The number of hydrogen-bond donors (Lipinski definition) is 1. The zero-order chi connectivity index (χ0) is 11.4. The number of halogens is 2. The van der Waals surface area contributed by atoms with E-state index in [0.29, 0.717) is 0 Å². The Kier molecular flexibility index (Phi) is 3.38. The summed E-state index contributed by atoms with van der Waals surface area (Å²) in [6, 6.07) is 1.94. The molecule has 1 aromatic rings. The van der Waals surface area contributed by atoms with Gasteiger partial charge in [-0.1, -0.05) is 0 Å². The normalized spacial score (nSPS) is 10.6. The smallest absolute Gasteiger partial charge is 0.330 e. The Morgan fingerprint density at radius 2 is 1.93 bits per heavy atom. The number of methoxy groups -OCH3 is 1. The van der Waals surface area contributed by atoms with Crippen molar-refractivity contribution in [2.45, 2.75) is 0 Å². The van der Waals surface area contributed by atoms with E-state index in [2.05, 4.69) is 4.74 Å². The molecule has 0 heterocycles. The number of nitrogens with two attached hydrogens (primary N) is 1. The summed E-state index contributed by atoms with van der Waals surface area (Å²) in [5, 5.41) is 0. The summed E-state index contributed by atoms with van der Waals surface area (Å²) in [7, 11) is 1.17. The average Bonchev–Trinajstić information content (AvgIpc) is 2.15. The summed E-state index contributed by atoms with van der Waals surface area (Å²) in [6.07, 6.45) is 1.92. The second kappa shape index (κ2) is 4.54. The molecule has 5 heteroatoms. The Hall–Kier alpha value is -1.91. The van der Waals surface area contributed by atoms with Gasteiger partial charge < -0.3 is 10.5 Å². The number of hydrogen-bond acceptors (Lipinski definition) is 3. The highest BCUT2D eigenvalue weighted by molar-refractivity contribution is 5.87. The molecule has 15 heavy (non-hydrogen) atoms. The van der Waals surface area contributed by atoms with Crippen molar-refractivity contribution in [3.05, 3.63) is 35.4 Å². The molecule has 0 aliphatic rings. The number of rotatable bonds is 2. The first kappa shape index (κ1) is 11.2. The van der Waals surface area contributed by atoms with E-state index in [1.54, 1.807) is 0 Å². The van der Waals surface area contributed by atoms with E-state index in [1.165, 1.54) is 7.11 Å². The molecule has 3 nitrogen and oxygen atoms in total. The fourth-order valence-electron chi connectivity index (χ4n) is 0.983. The topological polar surface area (TPSA) is 52.3 Å². The molecule has 0 unspecified atom stereocenters. The van der Waals surface area contributed by atoms with Gasteiger partial charge in [0.15, 0.2) is 0 Å². The first-order valence-corrected chi connectivity index (χ1v) is 4.05. The van der Waals surface area contributed by atoms with Gasteiger partial charge >= 0.3 is 5.97 Å². The van der Waals surface area contributed by atoms with Crippen LogP contribution < -0.4 is 5.73 Å². The molecule has 0 saturated heterocycles. The molecule has 0 fully saturated rings. The van der Waals surface area contributed by atoms with E-state index in [0.717, 1.165) is 24.3 Å². The largest absolute Gasteiger partial charge is 0.466 e. The van der Waals surface area contributed by atoms with Crippen LogP contribution in [0.3, 0.4) is 0 Å². The maximum Gasteiger partial charge on any atom is 0.330 e. The average molecular weight is 213 g/mol. The minimum Gasteiger partial charge on any atom is -0.466 e. The third-order valence-corrected chi connectivity index (χ3v) is 1.69. The highest BCUT2D eigenvalue weighted by Gasteiger charge is 2.07. The maximum absolute atomic E-state index is 13.1. The number of carbonyl (C=O) groups excluding carboxylic acids is 1. The van der Waals surface area contributed by atoms with Crippen LogP contribution in [0.15, 0.2) is 18.2 Å². The van der Waals surface area contributed by atoms with Crippen LogP contribution in [0.25, 0.3) is 6.08 Å². The molecule has 1 aromatic carbocycles. The fourth-order valence-corrected chi connectivity index (χ4v) is 0.983. The van der Waals surface area contributed by atoms with Crippen LogP contribution in [0.2, 0.25) is 0 Å². The second-order valence-corrected chi connectivity index (χ2v) is 2.75. The summed E-state index contributed by atoms with van der Waals surface area (Å²) in [4.78, 5) is 10.7. The van der Waals surface area contributed by atoms with Gasteiger partial charge in [0, 0.05) is 17.3 Å². The van der Waals surface area contributed by atoms with E-state index < -0.39 is 17.6 Å². The number of esters is 1. The van der Waals surface area contributed by atoms with Crippen molar-refractivity contribution in [3.8, 4) is 0 Å². The molecule has 1 rings (SSSR count). The highest BCUT2D eigenvalue weighted by atomic mass is 19.1. The van der Waals surface area contributed by atoms with E-state index in [1.807, 2.05) is 0 Å². The van der Waals surface area contributed by atoms with Crippen LogP contribution in [0, 0.1) is 11.6 Å². The van der Waals surface area contributed by atoms with Crippen LogP contribution in [0.4, 0.5) is 14.5 Å². The lowest BCUT2D eigenvalue weighted by molar-refractivity contribution is -0.134. The van der Waals surface area contributed by atoms with Gasteiger partial charge in [0.05, 0.1) is 7.11 Å². The first-order valence-electron chi connectivity index (χ1n) is 4.05. The molecule has 0 spiro atoms. The van der Waals surface area contributed by atoms with Crippen molar-refractivity contribution in [1.82, 2.24) is 0 Å². The number of ether oxygens (including phenoxy) is 1. The predicted octanol–water partition coefficient (Wildman–Crippen LogP) is 1.73. The molecule has 0 atom stereocenters. The van der Waals surface area contributed by atoms with Gasteiger partial charge in [-0.2, -0.15) is 0 Å². The Morgan fingerprint density at radius 3 is 2.40 bits per heavy atom. The summed E-state index contributed by atoms with van der Waals surface area (Å²) < 4.78 is 30.6. The lowest BCUT2D eigenvalue weighted by Gasteiger charge is -2.00. The molecule has 0 aliphatic heterocycles. The Labute approximate surface area is 85.1 Å². The monoisotopic (exact) mass is 213 g/mol. The number of benzene rings is 1. The zero-order valence-electron chi connectivity index (χ0n) is 7.96.